The molecule has 0 aliphatic heterocycles. The molecule has 0 bridgehead atoms. The van der Waals surface area contributed by atoms with Crippen LogP contribution in [0.4, 0.5) is 0 Å². The van der Waals surface area contributed by atoms with Crippen LogP contribution in [0.15, 0.2) is 0 Å². The number of nitrogens with one attached hydrogen (secondary N) is 1. The van der Waals surface area contributed by atoms with Crippen LogP contribution in [0.2, 0.25) is 0 Å². The summed E-state index contributed by atoms with van der Waals surface area (Å²) in [6, 6.07) is 0. The average molecular weight is 408 g/mol. The van der Waals surface area contributed by atoms with Gasteiger partial charge in [-0.25, -0.2) is 0 Å². The molecule has 0 saturated heterocycles. The predicted octanol–water partition coefficient (Wildman–Crippen LogP) is 2.84. The Morgan fingerprint density at radius 1 is 0.963 bits per heavy atom. The molecule has 0 aliphatic rings. The van der Waals surface area contributed by atoms with Gasteiger partial charge in [-0.05, 0) is 13.3 Å². The van der Waals surface area contributed by atoms with E-state index >= 15 is 0 Å². The first-order valence-corrected chi connectivity index (χ1v) is 11.6. The number of carbonyl (C=O) groups excluding carboxylic acids is 1. The van der Waals surface area contributed by atoms with Crippen LogP contribution in [0.25, 0.3) is 0 Å². The topological polar surface area (TPSA) is 68.3 Å². The third-order valence-corrected chi connectivity index (χ3v) is 8.43. The normalized spacial score (nSPS) is 14.8. The van der Waals surface area contributed by atoms with Crippen LogP contribution in [0.5, 0.6) is 0 Å². The molecule has 1 unspecified atom stereocenters. The van der Waals surface area contributed by atoms with Crippen molar-refractivity contribution < 1.29 is 14.4 Å². The van der Waals surface area contributed by atoms with Crippen molar-refractivity contribution in [1.82, 2.24) is 19.3 Å². The lowest BCUT2D eigenvalue weighted by Crippen LogP contribution is -2.47. The number of hydrogen-bond donors (Lipinski definition) is 2. The number of rotatable bonds is 15. The van der Waals surface area contributed by atoms with Gasteiger partial charge in [0.15, 0.2) is 0 Å². The molecule has 2 N–H and O–H groups in total. The quantitative estimate of drug-likeness (QED) is 0.321. The first-order chi connectivity index (χ1) is 12.6. The number of aliphatic hydroxyl groups is 1. The maximum absolute atomic E-state index is 12.7. The molecule has 0 heterocycles. The minimum atomic E-state index is -2.20. The van der Waals surface area contributed by atoms with E-state index in [4.69, 9.17) is 4.52 Å². The fourth-order valence-electron chi connectivity index (χ4n) is 3.15. The minimum Gasteiger partial charge on any atom is -0.395 e. The van der Waals surface area contributed by atoms with Crippen LogP contribution < -0.4 is 5.32 Å². The van der Waals surface area contributed by atoms with Gasteiger partial charge in [0.25, 0.3) is 0 Å². The van der Waals surface area contributed by atoms with Gasteiger partial charge in [0.2, 0.25) is 5.91 Å². The van der Waals surface area contributed by atoms with Gasteiger partial charge in [0.05, 0.1) is 12.0 Å². The summed E-state index contributed by atoms with van der Waals surface area (Å²) in [7, 11) is 9.65. The lowest BCUT2D eigenvalue weighted by molar-refractivity contribution is -0.134. The Kier molecular flexibility index (Phi) is 12.9. The lowest BCUT2D eigenvalue weighted by atomic mass is 9.92. The number of unbranched alkanes of at least 4 members (excludes halogenated alkanes) is 5. The van der Waals surface area contributed by atoms with E-state index in [-0.39, 0.29) is 19.1 Å². The molecule has 8 heteroatoms. The van der Waals surface area contributed by atoms with Crippen LogP contribution in [-0.4, -0.2) is 87.1 Å². The van der Waals surface area contributed by atoms with E-state index < -0.39 is 13.4 Å². The highest BCUT2D eigenvalue weighted by Gasteiger charge is 2.52. The molecule has 0 aromatic rings. The molecule has 0 saturated carbocycles. The van der Waals surface area contributed by atoms with Crippen molar-refractivity contribution in [2.24, 2.45) is 5.41 Å². The van der Waals surface area contributed by atoms with Crippen LogP contribution in [0, 0.1) is 5.41 Å². The minimum absolute atomic E-state index is 0.145. The first-order valence-electron chi connectivity index (χ1n) is 10.0. The second kappa shape index (κ2) is 13.0. The zero-order valence-electron chi connectivity index (χ0n) is 18.9. The van der Waals surface area contributed by atoms with Gasteiger partial charge >= 0.3 is 7.94 Å². The smallest absolute Gasteiger partial charge is 0.369 e. The summed E-state index contributed by atoms with van der Waals surface area (Å²) in [5.41, 5.74) is -0.963. The molecule has 162 valence electrons. The molecule has 0 radical (unpaired) electrons. The molecule has 0 rings (SSSR count). The largest absolute Gasteiger partial charge is 0.395 e. The summed E-state index contributed by atoms with van der Waals surface area (Å²) in [4.78, 5) is 12.7. The van der Waals surface area contributed by atoms with Crippen LogP contribution >= 0.6 is 7.94 Å². The van der Waals surface area contributed by atoms with Gasteiger partial charge in [0.1, 0.15) is 6.61 Å². The number of nitrogens with zero attached hydrogens (tertiary/aromatic N) is 3. The van der Waals surface area contributed by atoms with E-state index in [1.54, 1.807) is 6.92 Å². The van der Waals surface area contributed by atoms with E-state index in [9.17, 15) is 9.90 Å². The SMILES string of the molecule is CCCCCCCCNC(=O)C(C)(CO)CO[P+](N(C)C)(N(C)C)N(C)C. The maximum Gasteiger partial charge on any atom is 0.369 e. The van der Waals surface area contributed by atoms with Gasteiger partial charge in [0, 0.05) is 48.8 Å². The molecule has 0 aromatic heterocycles. The van der Waals surface area contributed by atoms with Gasteiger partial charge in [-0.2, -0.15) is 4.52 Å². The van der Waals surface area contributed by atoms with Crippen molar-refractivity contribution in [3.63, 3.8) is 0 Å². The summed E-state index contributed by atoms with van der Waals surface area (Å²) in [5, 5.41) is 12.9. The summed E-state index contributed by atoms with van der Waals surface area (Å²) in [5.74, 6) is -0.145. The maximum atomic E-state index is 12.7. The number of aliphatic hydroxyl groups excluding tert-OH is 1. The molecule has 1 atom stereocenters. The zero-order chi connectivity index (χ0) is 21.1. The number of amides is 1. The monoisotopic (exact) mass is 407 g/mol. The van der Waals surface area contributed by atoms with E-state index in [2.05, 4.69) is 26.3 Å². The highest BCUT2D eigenvalue weighted by Crippen LogP contribution is 2.64. The second-order valence-electron chi connectivity index (χ2n) is 8.07. The Morgan fingerprint density at radius 3 is 1.89 bits per heavy atom. The fraction of sp³-hybridized carbons (Fsp3) is 0.947. The van der Waals surface area contributed by atoms with Crippen molar-refractivity contribution in [3.8, 4) is 0 Å². The molecule has 0 aliphatic carbocycles. The van der Waals surface area contributed by atoms with E-state index in [1.807, 2.05) is 42.3 Å². The predicted molar refractivity (Wildman–Crippen MR) is 116 cm³/mol. The summed E-state index contributed by atoms with van der Waals surface area (Å²) >= 11 is 0. The van der Waals surface area contributed by atoms with Crippen molar-refractivity contribution >= 4 is 13.8 Å². The van der Waals surface area contributed by atoms with Gasteiger partial charge in [-0.1, -0.05) is 39.0 Å². The molecule has 0 spiro atoms. The standard InChI is InChI=1S/C19H43N4O3P/c1-9-10-11-12-13-14-15-20-18(25)19(2,16-24)17-26-27(21(3)4,22(5)6)23(7)8/h24H,9-17H2,1-8H3/p+1. The lowest BCUT2D eigenvalue weighted by Gasteiger charge is -2.39. The van der Waals surface area contributed by atoms with E-state index in [0.717, 1.165) is 12.8 Å². The van der Waals surface area contributed by atoms with Crippen LogP contribution in [0.3, 0.4) is 0 Å². The highest BCUT2D eigenvalue weighted by molar-refractivity contribution is 7.64. The van der Waals surface area contributed by atoms with Crippen molar-refractivity contribution in [2.45, 2.75) is 52.4 Å². The summed E-state index contributed by atoms with van der Waals surface area (Å²) in [6.07, 6.45) is 7.10. The van der Waals surface area contributed by atoms with E-state index in [1.165, 1.54) is 25.7 Å². The molecule has 1 amide bonds. The zero-order valence-corrected chi connectivity index (χ0v) is 19.8. The summed E-state index contributed by atoms with van der Waals surface area (Å²) in [6.45, 7) is 4.53. The number of hydrogen-bond acceptors (Lipinski definition) is 6. The third-order valence-electron chi connectivity index (χ3n) is 4.83. The summed E-state index contributed by atoms with van der Waals surface area (Å²) < 4.78 is 12.5. The Balaban J connectivity index is 4.74. The molecule has 0 aromatic carbocycles. The van der Waals surface area contributed by atoms with Crippen molar-refractivity contribution in [2.75, 3.05) is 62.0 Å². The average Bonchev–Trinajstić information content (AvgIpc) is 2.60. The molecule has 7 nitrogen and oxygen atoms in total. The third kappa shape index (κ3) is 7.92. The Labute approximate surface area is 168 Å². The Morgan fingerprint density at radius 2 is 1.44 bits per heavy atom. The van der Waals surface area contributed by atoms with Crippen molar-refractivity contribution in [3.05, 3.63) is 0 Å². The molecule has 27 heavy (non-hydrogen) atoms. The Hall–Kier alpha value is -0.300. The fourth-order valence-corrected chi connectivity index (χ4v) is 6.45. The van der Waals surface area contributed by atoms with Crippen molar-refractivity contribution in [1.29, 1.82) is 0 Å². The first kappa shape index (κ1) is 26.7. The molecular weight excluding hydrogens is 363 g/mol. The molecular formula is C19H44N4O3P+. The van der Waals surface area contributed by atoms with Gasteiger partial charge in [-0.3, -0.25) is 4.79 Å². The van der Waals surface area contributed by atoms with E-state index in [0.29, 0.717) is 6.54 Å². The number of carbonyl (C=O) groups is 1. The highest BCUT2D eigenvalue weighted by atomic mass is 31.2. The second-order valence-corrected chi connectivity index (χ2v) is 11.8. The Bertz CT molecular complexity index is 400. The molecule has 0 fully saturated rings. The van der Waals surface area contributed by atoms with Gasteiger partial charge in [-0.15, -0.1) is 14.0 Å². The van der Waals surface area contributed by atoms with Crippen LogP contribution in [0.1, 0.15) is 52.4 Å². The van der Waals surface area contributed by atoms with Crippen LogP contribution in [-0.2, 0) is 9.32 Å². The van der Waals surface area contributed by atoms with Gasteiger partial charge < -0.3 is 10.4 Å².